The molecule has 3 aromatic heterocycles. The highest BCUT2D eigenvalue weighted by Crippen LogP contribution is 2.30. The van der Waals surface area contributed by atoms with E-state index in [1.165, 1.54) is 17.6 Å². The van der Waals surface area contributed by atoms with Crippen molar-refractivity contribution in [1.82, 2.24) is 15.1 Å². The van der Waals surface area contributed by atoms with E-state index in [0.717, 1.165) is 12.0 Å². The zero-order chi connectivity index (χ0) is 23.4. The van der Waals surface area contributed by atoms with E-state index >= 15 is 0 Å². The van der Waals surface area contributed by atoms with E-state index in [1.54, 1.807) is 35.2 Å². The van der Waals surface area contributed by atoms with Crippen molar-refractivity contribution in [1.29, 1.82) is 0 Å². The molecule has 0 unspecified atom stereocenters. The Morgan fingerprint density at radius 1 is 1.18 bits per heavy atom. The fourth-order valence-electron chi connectivity index (χ4n) is 3.23. The average molecular weight is 485 g/mol. The lowest BCUT2D eigenvalue weighted by Gasteiger charge is -2.19. The second-order valence-electron chi connectivity index (χ2n) is 7.26. The van der Waals surface area contributed by atoms with Crippen molar-refractivity contribution in [2.45, 2.75) is 26.8 Å². The summed E-state index contributed by atoms with van der Waals surface area (Å²) in [7, 11) is 0. The molecule has 0 aliphatic carbocycles. The SMILES string of the molecule is CCCN(Cc1nnc(-c2ccccc2Cl)o1)C(=O)c1sc(NC(=O)c2ccco2)cc1C. The van der Waals surface area contributed by atoms with Gasteiger partial charge in [0, 0.05) is 6.54 Å². The number of rotatable bonds is 8. The van der Waals surface area contributed by atoms with Crippen molar-refractivity contribution < 1.29 is 18.4 Å². The van der Waals surface area contributed by atoms with Gasteiger partial charge in [0.1, 0.15) is 0 Å². The number of benzene rings is 1. The van der Waals surface area contributed by atoms with Crippen LogP contribution >= 0.6 is 22.9 Å². The van der Waals surface area contributed by atoms with Gasteiger partial charge in [-0.15, -0.1) is 21.5 Å². The largest absolute Gasteiger partial charge is 0.459 e. The molecular formula is C23H21ClN4O4S. The molecule has 1 N–H and O–H groups in total. The summed E-state index contributed by atoms with van der Waals surface area (Å²) in [5, 5.41) is 12.0. The number of anilines is 1. The van der Waals surface area contributed by atoms with Crippen molar-refractivity contribution >= 4 is 39.8 Å². The Bertz CT molecular complexity index is 1270. The van der Waals surface area contributed by atoms with Crippen LogP contribution in [-0.2, 0) is 6.54 Å². The highest BCUT2D eigenvalue weighted by molar-refractivity contribution is 7.18. The van der Waals surface area contributed by atoms with Crippen LogP contribution in [0.5, 0.6) is 0 Å². The number of thiophene rings is 1. The van der Waals surface area contributed by atoms with Gasteiger partial charge in [-0.1, -0.05) is 30.7 Å². The van der Waals surface area contributed by atoms with E-state index in [0.29, 0.717) is 38.8 Å². The number of halogens is 1. The molecule has 8 nitrogen and oxygen atoms in total. The zero-order valence-electron chi connectivity index (χ0n) is 18.0. The maximum absolute atomic E-state index is 13.3. The number of nitrogens with zero attached hydrogens (tertiary/aromatic N) is 3. The van der Waals surface area contributed by atoms with E-state index < -0.39 is 0 Å². The van der Waals surface area contributed by atoms with Crippen LogP contribution in [0.4, 0.5) is 5.00 Å². The molecule has 4 rings (SSSR count). The molecule has 0 aliphatic heterocycles. The van der Waals surface area contributed by atoms with Crippen LogP contribution in [0.3, 0.4) is 0 Å². The molecule has 0 aliphatic rings. The molecule has 0 saturated carbocycles. The van der Waals surface area contributed by atoms with Crippen molar-refractivity contribution in [3.8, 4) is 11.5 Å². The smallest absolute Gasteiger partial charge is 0.291 e. The van der Waals surface area contributed by atoms with E-state index in [1.807, 2.05) is 26.0 Å². The first-order chi connectivity index (χ1) is 16.0. The van der Waals surface area contributed by atoms with E-state index in [2.05, 4.69) is 15.5 Å². The van der Waals surface area contributed by atoms with E-state index in [-0.39, 0.29) is 24.1 Å². The lowest BCUT2D eigenvalue weighted by atomic mass is 10.2. The lowest BCUT2D eigenvalue weighted by molar-refractivity contribution is 0.0732. The van der Waals surface area contributed by atoms with Crippen LogP contribution < -0.4 is 5.32 Å². The maximum Gasteiger partial charge on any atom is 0.291 e. The summed E-state index contributed by atoms with van der Waals surface area (Å²) in [5.41, 5.74) is 1.40. The first-order valence-corrected chi connectivity index (χ1v) is 11.5. The minimum atomic E-state index is -0.372. The first-order valence-electron chi connectivity index (χ1n) is 10.3. The van der Waals surface area contributed by atoms with Crippen molar-refractivity contribution in [2.75, 3.05) is 11.9 Å². The number of amides is 2. The third kappa shape index (κ3) is 5.15. The van der Waals surface area contributed by atoms with E-state index in [9.17, 15) is 9.59 Å². The summed E-state index contributed by atoms with van der Waals surface area (Å²) in [4.78, 5) is 27.8. The second kappa shape index (κ2) is 10.0. The van der Waals surface area contributed by atoms with Gasteiger partial charge in [0.05, 0.1) is 33.3 Å². The molecule has 4 aromatic rings. The van der Waals surface area contributed by atoms with Gasteiger partial charge in [0.2, 0.25) is 11.8 Å². The van der Waals surface area contributed by atoms with Gasteiger partial charge in [0.25, 0.3) is 11.8 Å². The van der Waals surface area contributed by atoms with Crippen LogP contribution in [0.1, 0.15) is 45.0 Å². The predicted octanol–water partition coefficient (Wildman–Crippen LogP) is 5.66. The molecule has 0 spiro atoms. The molecule has 0 bridgehead atoms. The number of carbonyl (C=O) groups excluding carboxylic acids is 2. The molecule has 3 heterocycles. The number of nitrogens with one attached hydrogen (secondary N) is 1. The monoisotopic (exact) mass is 484 g/mol. The summed E-state index contributed by atoms with van der Waals surface area (Å²) < 4.78 is 10.9. The highest BCUT2D eigenvalue weighted by Gasteiger charge is 2.23. The number of hydrogen-bond donors (Lipinski definition) is 1. The van der Waals surface area contributed by atoms with Crippen LogP contribution in [0.15, 0.2) is 57.6 Å². The summed E-state index contributed by atoms with van der Waals surface area (Å²) in [5.74, 6) is 0.272. The molecule has 0 radical (unpaired) electrons. The normalized spacial score (nSPS) is 10.9. The van der Waals surface area contributed by atoms with Gasteiger partial charge in [-0.05, 0) is 49.2 Å². The average Bonchev–Trinajstić information content (AvgIpc) is 3.55. The second-order valence-corrected chi connectivity index (χ2v) is 8.72. The Morgan fingerprint density at radius 3 is 2.73 bits per heavy atom. The first kappa shape index (κ1) is 22.8. The molecule has 1 aromatic carbocycles. The van der Waals surface area contributed by atoms with Gasteiger partial charge >= 0.3 is 0 Å². The Kier molecular flexibility index (Phi) is 6.90. The molecule has 33 heavy (non-hydrogen) atoms. The maximum atomic E-state index is 13.3. The fourth-order valence-corrected chi connectivity index (χ4v) is 4.48. The van der Waals surface area contributed by atoms with Crippen LogP contribution in [0, 0.1) is 6.92 Å². The van der Waals surface area contributed by atoms with Crippen LogP contribution in [-0.4, -0.2) is 33.5 Å². The number of carbonyl (C=O) groups is 2. The zero-order valence-corrected chi connectivity index (χ0v) is 19.6. The van der Waals surface area contributed by atoms with Gasteiger partial charge < -0.3 is 19.1 Å². The molecular weight excluding hydrogens is 464 g/mol. The van der Waals surface area contributed by atoms with Gasteiger partial charge in [-0.3, -0.25) is 9.59 Å². The third-order valence-electron chi connectivity index (χ3n) is 4.77. The van der Waals surface area contributed by atoms with E-state index in [4.69, 9.17) is 20.4 Å². The fraction of sp³-hybridized carbons (Fsp3) is 0.217. The molecule has 0 atom stereocenters. The number of furan rings is 1. The standard InChI is InChI=1S/C23H21ClN4O4S/c1-3-10-28(13-18-26-27-22(32-18)15-7-4-5-8-16(15)24)23(30)20-14(2)12-19(33-20)25-21(29)17-9-6-11-31-17/h4-9,11-12H,3,10,13H2,1-2H3,(H,25,29). The topological polar surface area (TPSA) is 101 Å². The lowest BCUT2D eigenvalue weighted by Crippen LogP contribution is -2.31. The number of aromatic nitrogens is 2. The number of hydrogen-bond acceptors (Lipinski definition) is 7. The summed E-state index contributed by atoms with van der Waals surface area (Å²) in [6, 6.07) is 12.2. The Hall–Kier alpha value is -3.43. The molecule has 0 saturated heterocycles. The molecule has 10 heteroatoms. The van der Waals surface area contributed by atoms with Crippen LogP contribution in [0.25, 0.3) is 11.5 Å². The minimum absolute atomic E-state index is 0.162. The van der Waals surface area contributed by atoms with Crippen molar-refractivity contribution in [3.63, 3.8) is 0 Å². The Morgan fingerprint density at radius 2 is 2.00 bits per heavy atom. The van der Waals surface area contributed by atoms with Gasteiger partial charge in [0.15, 0.2) is 5.76 Å². The summed E-state index contributed by atoms with van der Waals surface area (Å²) in [6.45, 7) is 4.49. The molecule has 2 amide bonds. The van der Waals surface area contributed by atoms with Gasteiger partial charge in [-0.2, -0.15) is 0 Å². The predicted molar refractivity (Wildman–Crippen MR) is 125 cm³/mol. The van der Waals surface area contributed by atoms with Crippen LogP contribution in [0.2, 0.25) is 5.02 Å². The van der Waals surface area contributed by atoms with Crippen molar-refractivity contribution in [2.24, 2.45) is 0 Å². The third-order valence-corrected chi connectivity index (χ3v) is 6.24. The Labute approximate surface area is 199 Å². The number of aryl methyl sites for hydroxylation is 1. The molecule has 0 fully saturated rings. The quantitative estimate of drug-likeness (QED) is 0.346. The molecule has 170 valence electrons. The summed E-state index contributed by atoms with van der Waals surface area (Å²) in [6.07, 6.45) is 2.19. The van der Waals surface area contributed by atoms with Gasteiger partial charge in [-0.25, -0.2) is 0 Å². The highest BCUT2D eigenvalue weighted by atomic mass is 35.5. The van der Waals surface area contributed by atoms with Crippen molar-refractivity contribution in [3.05, 3.63) is 75.8 Å². The Balaban J connectivity index is 1.50. The summed E-state index contributed by atoms with van der Waals surface area (Å²) >= 11 is 7.43. The minimum Gasteiger partial charge on any atom is -0.459 e.